The summed E-state index contributed by atoms with van der Waals surface area (Å²) in [5, 5.41) is 9.93. The van der Waals surface area contributed by atoms with Crippen LogP contribution < -0.4 is 0 Å². The summed E-state index contributed by atoms with van der Waals surface area (Å²) in [7, 11) is 0. The molecule has 0 aromatic rings. The van der Waals surface area contributed by atoms with E-state index in [0.29, 0.717) is 18.4 Å². The number of rotatable bonds is 3. The first kappa shape index (κ1) is 12.5. The van der Waals surface area contributed by atoms with Crippen LogP contribution in [0.25, 0.3) is 0 Å². The maximum atomic E-state index is 10.7. The van der Waals surface area contributed by atoms with Crippen molar-refractivity contribution in [1.29, 1.82) is 0 Å². The Hall–Kier alpha value is -0.570. The van der Waals surface area contributed by atoms with Crippen LogP contribution in [0.15, 0.2) is 0 Å². The summed E-state index contributed by atoms with van der Waals surface area (Å²) in [5.41, 5.74) is 0. The van der Waals surface area contributed by atoms with Crippen molar-refractivity contribution in [1.82, 2.24) is 0 Å². The Balaban J connectivity index is 2.38. The van der Waals surface area contributed by atoms with E-state index in [-0.39, 0.29) is 18.0 Å². The average molecular weight is 214 g/mol. The molecular weight excluding hydrogens is 192 g/mol. The van der Waals surface area contributed by atoms with Gasteiger partial charge in [0.1, 0.15) is 0 Å². The summed E-state index contributed by atoms with van der Waals surface area (Å²) in [6.07, 6.45) is 2.88. The SMILES string of the molecule is CC(=O)OC[C@@H](C)[C@H]1CC[C@H](C)C[C@@H]1O. The van der Waals surface area contributed by atoms with Crippen molar-refractivity contribution >= 4 is 5.97 Å². The summed E-state index contributed by atoms with van der Waals surface area (Å²) < 4.78 is 4.98. The molecule has 1 aliphatic rings. The number of hydrogen-bond acceptors (Lipinski definition) is 3. The van der Waals surface area contributed by atoms with E-state index < -0.39 is 0 Å². The highest BCUT2D eigenvalue weighted by molar-refractivity contribution is 5.65. The highest BCUT2D eigenvalue weighted by Crippen LogP contribution is 2.33. The molecule has 3 heteroatoms. The number of carbonyl (C=O) groups excluding carboxylic acids is 1. The normalized spacial score (nSPS) is 33.5. The van der Waals surface area contributed by atoms with Gasteiger partial charge in [-0.05, 0) is 30.6 Å². The smallest absolute Gasteiger partial charge is 0.302 e. The van der Waals surface area contributed by atoms with Crippen molar-refractivity contribution in [2.45, 2.75) is 46.1 Å². The van der Waals surface area contributed by atoms with Crippen LogP contribution in [0, 0.1) is 17.8 Å². The first-order chi connectivity index (χ1) is 7.00. The van der Waals surface area contributed by atoms with Crippen molar-refractivity contribution in [3.63, 3.8) is 0 Å². The molecule has 1 rings (SSSR count). The van der Waals surface area contributed by atoms with E-state index in [1.807, 2.05) is 6.92 Å². The standard InChI is InChI=1S/C12H22O3/c1-8-4-5-11(12(14)6-8)9(2)7-15-10(3)13/h8-9,11-12,14H,4-7H2,1-3H3/t8-,9+,11+,12-/m0/s1. The predicted molar refractivity (Wildman–Crippen MR) is 58.3 cm³/mol. The van der Waals surface area contributed by atoms with E-state index in [1.165, 1.54) is 13.3 Å². The summed E-state index contributed by atoms with van der Waals surface area (Å²) in [5.74, 6) is 0.939. The monoisotopic (exact) mass is 214 g/mol. The Morgan fingerprint density at radius 3 is 2.73 bits per heavy atom. The number of esters is 1. The van der Waals surface area contributed by atoms with E-state index in [9.17, 15) is 9.90 Å². The van der Waals surface area contributed by atoms with Crippen LogP contribution in [0.1, 0.15) is 40.0 Å². The molecule has 0 radical (unpaired) electrons. The number of ether oxygens (including phenoxy) is 1. The molecule has 0 bridgehead atoms. The lowest BCUT2D eigenvalue weighted by Crippen LogP contribution is -2.34. The number of aliphatic hydroxyl groups excluding tert-OH is 1. The van der Waals surface area contributed by atoms with Gasteiger partial charge in [0, 0.05) is 6.92 Å². The topological polar surface area (TPSA) is 46.5 Å². The quantitative estimate of drug-likeness (QED) is 0.731. The molecule has 88 valence electrons. The van der Waals surface area contributed by atoms with E-state index in [1.54, 1.807) is 0 Å². The molecular formula is C12H22O3. The van der Waals surface area contributed by atoms with E-state index in [4.69, 9.17) is 4.74 Å². The van der Waals surface area contributed by atoms with Gasteiger partial charge in [-0.15, -0.1) is 0 Å². The lowest BCUT2D eigenvalue weighted by atomic mass is 9.75. The predicted octanol–water partition coefficient (Wildman–Crippen LogP) is 1.98. The van der Waals surface area contributed by atoms with Gasteiger partial charge in [-0.25, -0.2) is 0 Å². The molecule has 3 nitrogen and oxygen atoms in total. The zero-order valence-electron chi connectivity index (χ0n) is 9.90. The fourth-order valence-corrected chi connectivity index (χ4v) is 2.41. The van der Waals surface area contributed by atoms with Gasteiger partial charge >= 0.3 is 5.97 Å². The largest absolute Gasteiger partial charge is 0.466 e. The molecule has 1 N–H and O–H groups in total. The molecule has 0 spiro atoms. The van der Waals surface area contributed by atoms with E-state index in [0.717, 1.165) is 12.8 Å². The van der Waals surface area contributed by atoms with Crippen molar-refractivity contribution < 1.29 is 14.6 Å². The summed E-state index contributed by atoms with van der Waals surface area (Å²) in [6, 6.07) is 0. The third-order valence-electron chi connectivity index (χ3n) is 3.41. The Labute approximate surface area is 91.8 Å². The van der Waals surface area contributed by atoms with Crippen molar-refractivity contribution in [3.05, 3.63) is 0 Å². The minimum Gasteiger partial charge on any atom is -0.466 e. The summed E-state index contributed by atoms with van der Waals surface area (Å²) in [6.45, 7) is 6.08. The second kappa shape index (κ2) is 5.50. The molecule has 1 fully saturated rings. The second-order valence-electron chi connectivity index (χ2n) is 4.93. The molecule has 0 amide bonds. The fourth-order valence-electron chi connectivity index (χ4n) is 2.41. The van der Waals surface area contributed by atoms with Crippen LogP contribution >= 0.6 is 0 Å². The maximum absolute atomic E-state index is 10.7. The van der Waals surface area contributed by atoms with Crippen LogP contribution in [0.5, 0.6) is 0 Å². The van der Waals surface area contributed by atoms with Crippen LogP contribution in [-0.2, 0) is 9.53 Å². The molecule has 0 aromatic heterocycles. The van der Waals surface area contributed by atoms with Gasteiger partial charge in [0.2, 0.25) is 0 Å². The Morgan fingerprint density at radius 2 is 2.20 bits per heavy atom. The van der Waals surface area contributed by atoms with E-state index in [2.05, 4.69) is 6.92 Å². The van der Waals surface area contributed by atoms with Gasteiger partial charge < -0.3 is 9.84 Å². The lowest BCUT2D eigenvalue weighted by Gasteiger charge is -2.35. The minimum absolute atomic E-state index is 0.223. The molecule has 0 aromatic carbocycles. The summed E-state index contributed by atoms with van der Waals surface area (Å²) in [4.78, 5) is 10.7. The van der Waals surface area contributed by atoms with Gasteiger partial charge in [-0.2, -0.15) is 0 Å². The first-order valence-corrected chi connectivity index (χ1v) is 5.82. The van der Waals surface area contributed by atoms with Gasteiger partial charge in [0.25, 0.3) is 0 Å². The van der Waals surface area contributed by atoms with Gasteiger partial charge in [-0.3, -0.25) is 4.79 Å². The molecule has 4 atom stereocenters. The van der Waals surface area contributed by atoms with Crippen molar-refractivity contribution in [2.75, 3.05) is 6.61 Å². The zero-order chi connectivity index (χ0) is 11.4. The molecule has 0 unspecified atom stereocenters. The molecule has 0 heterocycles. The van der Waals surface area contributed by atoms with Crippen molar-refractivity contribution in [3.8, 4) is 0 Å². The number of hydrogen-bond donors (Lipinski definition) is 1. The Morgan fingerprint density at radius 1 is 1.53 bits per heavy atom. The maximum Gasteiger partial charge on any atom is 0.302 e. The number of aliphatic hydroxyl groups is 1. The third-order valence-corrected chi connectivity index (χ3v) is 3.41. The second-order valence-corrected chi connectivity index (χ2v) is 4.93. The zero-order valence-corrected chi connectivity index (χ0v) is 9.90. The van der Waals surface area contributed by atoms with Gasteiger partial charge in [0.15, 0.2) is 0 Å². The Kier molecular flexibility index (Phi) is 4.58. The van der Waals surface area contributed by atoms with Crippen LogP contribution in [0.3, 0.4) is 0 Å². The highest BCUT2D eigenvalue weighted by Gasteiger charge is 2.31. The van der Waals surface area contributed by atoms with Crippen LogP contribution in [-0.4, -0.2) is 23.8 Å². The van der Waals surface area contributed by atoms with Gasteiger partial charge in [0.05, 0.1) is 12.7 Å². The highest BCUT2D eigenvalue weighted by atomic mass is 16.5. The van der Waals surface area contributed by atoms with Crippen LogP contribution in [0.2, 0.25) is 0 Å². The van der Waals surface area contributed by atoms with E-state index >= 15 is 0 Å². The number of carbonyl (C=O) groups is 1. The first-order valence-electron chi connectivity index (χ1n) is 5.82. The lowest BCUT2D eigenvalue weighted by molar-refractivity contribution is -0.143. The van der Waals surface area contributed by atoms with Crippen molar-refractivity contribution in [2.24, 2.45) is 17.8 Å². The third kappa shape index (κ3) is 3.82. The fraction of sp³-hybridized carbons (Fsp3) is 0.917. The molecule has 0 saturated heterocycles. The molecule has 15 heavy (non-hydrogen) atoms. The molecule has 1 aliphatic carbocycles. The Bertz CT molecular complexity index is 215. The average Bonchev–Trinajstić information content (AvgIpc) is 2.14. The van der Waals surface area contributed by atoms with Crippen LogP contribution in [0.4, 0.5) is 0 Å². The minimum atomic E-state index is -0.236. The summed E-state index contributed by atoms with van der Waals surface area (Å²) >= 11 is 0. The van der Waals surface area contributed by atoms with Gasteiger partial charge in [-0.1, -0.05) is 20.3 Å². The molecule has 0 aliphatic heterocycles. The molecule has 1 saturated carbocycles.